The summed E-state index contributed by atoms with van der Waals surface area (Å²) >= 11 is 0. The van der Waals surface area contributed by atoms with Crippen LogP contribution in [0.3, 0.4) is 0 Å². The van der Waals surface area contributed by atoms with E-state index in [1.54, 1.807) is 13.0 Å². The molecule has 0 radical (unpaired) electrons. The van der Waals surface area contributed by atoms with Gasteiger partial charge in [0.15, 0.2) is 9.84 Å². The van der Waals surface area contributed by atoms with Crippen LogP contribution >= 0.6 is 0 Å². The molecule has 0 saturated carbocycles. The molecule has 0 heterocycles. The molecule has 0 aromatic heterocycles. The van der Waals surface area contributed by atoms with Gasteiger partial charge in [0, 0.05) is 5.56 Å². The largest absolute Gasteiger partial charge is 0.492 e. The van der Waals surface area contributed by atoms with Crippen LogP contribution in [0.4, 0.5) is 0 Å². The first kappa shape index (κ1) is 16.0. The Hall–Kier alpha value is -1.07. The van der Waals surface area contributed by atoms with Gasteiger partial charge in [0.2, 0.25) is 0 Å². The first-order chi connectivity index (χ1) is 8.85. The first-order valence-corrected chi connectivity index (χ1v) is 8.29. The first-order valence-electron chi connectivity index (χ1n) is 6.47. The molecule has 108 valence electrons. The van der Waals surface area contributed by atoms with Gasteiger partial charge in [-0.1, -0.05) is 19.1 Å². The average molecular weight is 286 g/mol. The van der Waals surface area contributed by atoms with Gasteiger partial charge in [-0.05, 0) is 31.9 Å². The predicted molar refractivity (Wildman–Crippen MR) is 76.3 cm³/mol. The molecule has 4 nitrogen and oxygen atoms in total. The van der Waals surface area contributed by atoms with E-state index in [0.717, 1.165) is 5.56 Å². The Bertz CT molecular complexity index is 506. The molecule has 1 aromatic carbocycles. The molecule has 19 heavy (non-hydrogen) atoms. The Balaban J connectivity index is 2.70. The minimum Gasteiger partial charge on any atom is -0.492 e. The maximum absolute atomic E-state index is 11.6. The Morgan fingerprint density at radius 1 is 1.32 bits per heavy atom. The van der Waals surface area contributed by atoms with Crippen molar-refractivity contribution in [3.63, 3.8) is 0 Å². The van der Waals surface area contributed by atoms with Gasteiger partial charge in [0.05, 0.1) is 17.6 Å². The SMILES string of the molecule is CCCS(=O)(=O)CCOc1cc(C)ccc1C(C)O. The molecule has 0 fully saturated rings. The van der Waals surface area contributed by atoms with Crippen LogP contribution in [0.25, 0.3) is 0 Å². The third kappa shape index (κ3) is 5.20. The van der Waals surface area contributed by atoms with Gasteiger partial charge < -0.3 is 9.84 Å². The zero-order chi connectivity index (χ0) is 14.5. The van der Waals surface area contributed by atoms with Crippen LogP contribution in [0.2, 0.25) is 0 Å². The smallest absolute Gasteiger partial charge is 0.153 e. The number of hydrogen-bond donors (Lipinski definition) is 1. The van der Waals surface area contributed by atoms with Gasteiger partial charge in [-0.2, -0.15) is 0 Å². The molecule has 5 heteroatoms. The molecular weight excluding hydrogens is 264 g/mol. The van der Waals surface area contributed by atoms with Gasteiger partial charge in [0.1, 0.15) is 12.4 Å². The molecule has 1 rings (SSSR count). The highest BCUT2D eigenvalue weighted by molar-refractivity contribution is 7.91. The van der Waals surface area contributed by atoms with Crippen LogP contribution in [0, 0.1) is 6.92 Å². The zero-order valence-electron chi connectivity index (χ0n) is 11.7. The third-order valence-electron chi connectivity index (χ3n) is 2.79. The van der Waals surface area contributed by atoms with E-state index in [1.807, 2.05) is 26.0 Å². The summed E-state index contributed by atoms with van der Waals surface area (Å²) in [6, 6.07) is 5.51. The third-order valence-corrected chi connectivity index (χ3v) is 4.61. The number of benzene rings is 1. The predicted octanol–water partition coefficient (Wildman–Crippen LogP) is 2.25. The van der Waals surface area contributed by atoms with Crippen LogP contribution in [0.15, 0.2) is 18.2 Å². The van der Waals surface area contributed by atoms with E-state index in [-0.39, 0.29) is 18.1 Å². The monoisotopic (exact) mass is 286 g/mol. The van der Waals surface area contributed by atoms with E-state index in [9.17, 15) is 13.5 Å². The summed E-state index contributed by atoms with van der Waals surface area (Å²) in [4.78, 5) is 0. The second kappa shape index (κ2) is 6.91. The molecule has 1 N–H and O–H groups in total. The van der Waals surface area contributed by atoms with Crippen molar-refractivity contribution in [2.45, 2.75) is 33.3 Å². The van der Waals surface area contributed by atoms with Crippen LogP contribution in [0.5, 0.6) is 5.75 Å². The van der Waals surface area contributed by atoms with E-state index < -0.39 is 15.9 Å². The lowest BCUT2D eigenvalue weighted by Gasteiger charge is -2.14. The zero-order valence-corrected chi connectivity index (χ0v) is 12.5. The van der Waals surface area contributed by atoms with Crippen molar-refractivity contribution in [3.8, 4) is 5.75 Å². The van der Waals surface area contributed by atoms with Crippen molar-refractivity contribution in [1.82, 2.24) is 0 Å². The Labute approximate surface area is 115 Å². The number of rotatable bonds is 7. The topological polar surface area (TPSA) is 63.6 Å². The summed E-state index contributed by atoms with van der Waals surface area (Å²) in [6.07, 6.45) is -0.0195. The number of ether oxygens (including phenoxy) is 1. The molecule has 0 aliphatic heterocycles. The quantitative estimate of drug-likeness (QED) is 0.835. The second-order valence-corrected chi connectivity index (χ2v) is 7.02. The second-order valence-electron chi connectivity index (χ2n) is 4.72. The van der Waals surface area contributed by atoms with Gasteiger partial charge in [-0.3, -0.25) is 0 Å². The summed E-state index contributed by atoms with van der Waals surface area (Å²) in [5.74, 6) is 0.753. The molecule has 1 atom stereocenters. The molecule has 0 saturated heterocycles. The molecule has 0 aliphatic rings. The fourth-order valence-electron chi connectivity index (χ4n) is 1.80. The van der Waals surface area contributed by atoms with Gasteiger partial charge in [0.25, 0.3) is 0 Å². The van der Waals surface area contributed by atoms with Crippen molar-refractivity contribution in [1.29, 1.82) is 0 Å². The van der Waals surface area contributed by atoms with Crippen molar-refractivity contribution < 1.29 is 18.3 Å². The number of sulfone groups is 1. The highest BCUT2D eigenvalue weighted by Gasteiger charge is 2.12. The van der Waals surface area contributed by atoms with E-state index in [1.165, 1.54) is 0 Å². The molecule has 0 spiro atoms. The summed E-state index contributed by atoms with van der Waals surface area (Å²) in [5, 5.41) is 9.64. The summed E-state index contributed by atoms with van der Waals surface area (Å²) < 4.78 is 28.7. The summed E-state index contributed by atoms with van der Waals surface area (Å²) in [6.45, 7) is 5.54. The van der Waals surface area contributed by atoms with Gasteiger partial charge in [-0.25, -0.2) is 8.42 Å². The van der Waals surface area contributed by atoms with Crippen molar-refractivity contribution in [3.05, 3.63) is 29.3 Å². The molecule has 0 bridgehead atoms. The maximum Gasteiger partial charge on any atom is 0.153 e. The molecule has 1 unspecified atom stereocenters. The Morgan fingerprint density at radius 2 is 2.00 bits per heavy atom. The van der Waals surface area contributed by atoms with E-state index in [0.29, 0.717) is 17.7 Å². The minimum atomic E-state index is -3.03. The van der Waals surface area contributed by atoms with Crippen molar-refractivity contribution in [2.24, 2.45) is 0 Å². The lowest BCUT2D eigenvalue weighted by molar-refractivity contribution is 0.192. The number of hydrogen-bond acceptors (Lipinski definition) is 4. The van der Waals surface area contributed by atoms with Crippen molar-refractivity contribution >= 4 is 9.84 Å². The lowest BCUT2D eigenvalue weighted by atomic mass is 10.1. The molecular formula is C14H22O4S. The molecule has 0 amide bonds. The highest BCUT2D eigenvalue weighted by atomic mass is 32.2. The van der Waals surface area contributed by atoms with Gasteiger partial charge >= 0.3 is 0 Å². The normalized spacial score (nSPS) is 13.3. The molecule has 0 aliphatic carbocycles. The van der Waals surface area contributed by atoms with Crippen LogP contribution in [-0.2, 0) is 9.84 Å². The standard InChI is InChI=1S/C14H22O4S/c1-4-8-19(16,17)9-7-18-14-10-11(2)5-6-13(14)12(3)15/h5-6,10,12,15H,4,7-9H2,1-3H3. The number of aliphatic hydroxyl groups is 1. The summed E-state index contributed by atoms with van der Waals surface area (Å²) in [5.41, 5.74) is 1.69. The van der Waals surface area contributed by atoms with Crippen LogP contribution < -0.4 is 4.74 Å². The lowest BCUT2D eigenvalue weighted by Crippen LogP contribution is -2.17. The van der Waals surface area contributed by atoms with Crippen molar-refractivity contribution in [2.75, 3.05) is 18.1 Å². The van der Waals surface area contributed by atoms with Crippen LogP contribution in [-0.4, -0.2) is 31.6 Å². The van der Waals surface area contributed by atoms with E-state index >= 15 is 0 Å². The Kier molecular flexibility index (Phi) is 5.82. The van der Waals surface area contributed by atoms with Gasteiger partial charge in [-0.15, -0.1) is 0 Å². The Morgan fingerprint density at radius 3 is 2.58 bits per heavy atom. The molecule has 1 aromatic rings. The van der Waals surface area contributed by atoms with E-state index in [4.69, 9.17) is 4.74 Å². The number of aliphatic hydroxyl groups excluding tert-OH is 1. The minimum absolute atomic E-state index is 0.00797. The number of aryl methyl sites for hydroxylation is 1. The average Bonchev–Trinajstić information content (AvgIpc) is 2.28. The fraction of sp³-hybridized carbons (Fsp3) is 0.571. The highest BCUT2D eigenvalue weighted by Crippen LogP contribution is 2.26. The maximum atomic E-state index is 11.6. The van der Waals surface area contributed by atoms with Crippen LogP contribution in [0.1, 0.15) is 37.5 Å². The van der Waals surface area contributed by atoms with E-state index in [2.05, 4.69) is 0 Å². The fourth-order valence-corrected chi connectivity index (χ4v) is 2.97. The summed E-state index contributed by atoms with van der Waals surface area (Å²) in [7, 11) is -3.03.